The van der Waals surface area contributed by atoms with E-state index < -0.39 is 0 Å². The quantitative estimate of drug-likeness (QED) is 0.657. The number of nitrogens with two attached hydrogens (primary N) is 1. The third-order valence-electron chi connectivity index (χ3n) is 2.69. The van der Waals surface area contributed by atoms with E-state index in [1.54, 1.807) is 0 Å². The predicted molar refractivity (Wildman–Crippen MR) is 55.5 cm³/mol. The minimum Gasteiger partial charge on any atom is -0.389 e. The number of aliphatic hydroxyl groups is 1. The number of rotatable bonds is 3. The first-order valence-corrected chi connectivity index (χ1v) is 5.41. The third-order valence-corrected chi connectivity index (χ3v) is 2.69. The molecule has 0 aromatic carbocycles. The average Bonchev–Trinajstić information content (AvgIpc) is 2.03. The van der Waals surface area contributed by atoms with Crippen molar-refractivity contribution in [3.8, 4) is 0 Å². The normalized spacial score (nSPS) is 21.5. The van der Waals surface area contributed by atoms with Crippen LogP contribution < -0.4 is 5.73 Å². The van der Waals surface area contributed by atoms with E-state index in [9.17, 15) is 5.11 Å². The zero-order valence-corrected chi connectivity index (χ0v) is 8.34. The Morgan fingerprint density at radius 2 is 2.08 bits per heavy atom. The van der Waals surface area contributed by atoms with Crippen LogP contribution >= 0.6 is 0 Å². The number of hydrogen-bond donors (Lipinski definition) is 2. The van der Waals surface area contributed by atoms with Gasteiger partial charge >= 0.3 is 0 Å². The van der Waals surface area contributed by atoms with Crippen LogP contribution in [0.2, 0.25) is 0 Å². The monoisotopic (exact) mass is 183 g/mol. The molecule has 1 aliphatic rings. The van der Waals surface area contributed by atoms with Crippen molar-refractivity contribution in [2.24, 2.45) is 5.73 Å². The van der Waals surface area contributed by atoms with Gasteiger partial charge in [0.25, 0.3) is 0 Å². The lowest BCUT2D eigenvalue weighted by molar-refractivity contribution is 0.197. The Labute approximate surface area is 80.8 Å². The van der Waals surface area contributed by atoms with Gasteiger partial charge in [-0.1, -0.05) is 18.9 Å². The van der Waals surface area contributed by atoms with Crippen LogP contribution in [0, 0.1) is 0 Å². The van der Waals surface area contributed by atoms with Crippen molar-refractivity contribution in [1.82, 2.24) is 0 Å². The molecule has 1 atom stereocenters. The predicted octanol–water partition coefficient (Wildman–Crippen LogP) is 1.98. The van der Waals surface area contributed by atoms with Crippen LogP contribution in [0.4, 0.5) is 0 Å². The van der Waals surface area contributed by atoms with Gasteiger partial charge in [-0.05, 0) is 44.2 Å². The summed E-state index contributed by atoms with van der Waals surface area (Å²) in [4.78, 5) is 0. The second-order valence-corrected chi connectivity index (χ2v) is 3.83. The average molecular weight is 183 g/mol. The van der Waals surface area contributed by atoms with Crippen molar-refractivity contribution in [3.63, 3.8) is 0 Å². The van der Waals surface area contributed by atoms with Crippen molar-refractivity contribution in [2.75, 3.05) is 6.54 Å². The zero-order valence-electron chi connectivity index (χ0n) is 8.34. The zero-order chi connectivity index (χ0) is 9.52. The molecule has 1 aliphatic carbocycles. The van der Waals surface area contributed by atoms with Crippen LogP contribution in [0.15, 0.2) is 11.6 Å². The Morgan fingerprint density at radius 3 is 2.85 bits per heavy atom. The molecule has 0 saturated carbocycles. The second-order valence-electron chi connectivity index (χ2n) is 3.83. The van der Waals surface area contributed by atoms with Gasteiger partial charge in [-0.25, -0.2) is 0 Å². The fourth-order valence-electron chi connectivity index (χ4n) is 1.86. The highest BCUT2D eigenvalue weighted by Gasteiger charge is 2.10. The van der Waals surface area contributed by atoms with Crippen molar-refractivity contribution in [1.29, 1.82) is 0 Å². The second kappa shape index (κ2) is 6.17. The fourth-order valence-corrected chi connectivity index (χ4v) is 1.86. The summed E-state index contributed by atoms with van der Waals surface area (Å²) in [5, 5.41) is 9.74. The molecule has 76 valence electrons. The van der Waals surface area contributed by atoms with Crippen LogP contribution in [0.1, 0.15) is 44.9 Å². The first-order valence-electron chi connectivity index (χ1n) is 5.41. The molecule has 0 aliphatic heterocycles. The first-order chi connectivity index (χ1) is 6.34. The topological polar surface area (TPSA) is 46.2 Å². The molecule has 3 N–H and O–H groups in total. The highest BCUT2D eigenvalue weighted by molar-refractivity contribution is 5.08. The van der Waals surface area contributed by atoms with E-state index in [0.29, 0.717) is 13.0 Å². The van der Waals surface area contributed by atoms with Gasteiger partial charge in [0.05, 0.1) is 6.10 Å². The smallest absolute Gasteiger partial charge is 0.0762 e. The van der Waals surface area contributed by atoms with Crippen LogP contribution in [-0.2, 0) is 0 Å². The van der Waals surface area contributed by atoms with Crippen LogP contribution in [-0.4, -0.2) is 17.8 Å². The lowest BCUT2D eigenvalue weighted by atomic mass is 9.95. The Balaban J connectivity index is 2.43. The van der Waals surface area contributed by atoms with Crippen molar-refractivity contribution in [3.05, 3.63) is 11.6 Å². The molecule has 1 unspecified atom stereocenters. The van der Waals surface area contributed by atoms with E-state index in [1.165, 1.54) is 31.3 Å². The van der Waals surface area contributed by atoms with E-state index in [4.69, 9.17) is 5.73 Å². The largest absolute Gasteiger partial charge is 0.389 e. The van der Waals surface area contributed by atoms with Gasteiger partial charge in [0.2, 0.25) is 0 Å². The summed E-state index contributed by atoms with van der Waals surface area (Å²) in [6.45, 7) is 0.582. The molecule has 0 amide bonds. The van der Waals surface area contributed by atoms with Gasteiger partial charge in [-0.15, -0.1) is 0 Å². The molecule has 0 spiro atoms. The molecule has 0 radical (unpaired) electrons. The number of allylic oxidation sites excluding steroid dienone is 1. The molecule has 0 aromatic heterocycles. The van der Waals surface area contributed by atoms with E-state index in [-0.39, 0.29) is 6.10 Å². The van der Waals surface area contributed by atoms with Gasteiger partial charge in [-0.3, -0.25) is 0 Å². The van der Waals surface area contributed by atoms with E-state index in [0.717, 1.165) is 12.8 Å². The molecule has 0 fully saturated rings. The molecule has 0 aromatic rings. The van der Waals surface area contributed by atoms with Crippen LogP contribution in [0.3, 0.4) is 0 Å². The van der Waals surface area contributed by atoms with Crippen LogP contribution in [0.5, 0.6) is 0 Å². The molecule has 0 saturated heterocycles. The maximum Gasteiger partial charge on any atom is 0.0762 e. The lowest BCUT2D eigenvalue weighted by Crippen LogP contribution is -2.16. The highest BCUT2D eigenvalue weighted by Crippen LogP contribution is 2.20. The van der Waals surface area contributed by atoms with Gasteiger partial charge in [-0.2, -0.15) is 0 Å². The summed E-state index contributed by atoms with van der Waals surface area (Å²) in [5.41, 5.74) is 6.65. The molecule has 13 heavy (non-hydrogen) atoms. The maximum atomic E-state index is 9.74. The Kier molecular flexibility index (Phi) is 5.09. The van der Waals surface area contributed by atoms with Crippen molar-refractivity contribution < 1.29 is 5.11 Å². The van der Waals surface area contributed by atoms with Crippen molar-refractivity contribution >= 4 is 0 Å². The SMILES string of the molecule is NCCC(O)C1=CCCCCCC1. The summed E-state index contributed by atoms with van der Waals surface area (Å²) in [6.07, 6.45) is 10.0. The maximum absolute atomic E-state index is 9.74. The minimum absolute atomic E-state index is 0.275. The summed E-state index contributed by atoms with van der Waals surface area (Å²) in [5.74, 6) is 0. The molecule has 1 rings (SSSR count). The van der Waals surface area contributed by atoms with Gasteiger partial charge in [0, 0.05) is 0 Å². The molecule has 0 heterocycles. The minimum atomic E-state index is -0.275. The molecule has 0 bridgehead atoms. The van der Waals surface area contributed by atoms with Gasteiger partial charge in [0.1, 0.15) is 0 Å². The summed E-state index contributed by atoms with van der Waals surface area (Å²) >= 11 is 0. The van der Waals surface area contributed by atoms with E-state index >= 15 is 0 Å². The first kappa shape index (κ1) is 10.7. The highest BCUT2D eigenvalue weighted by atomic mass is 16.3. The van der Waals surface area contributed by atoms with Crippen LogP contribution in [0.25, 0.3) is 0 Å². The summed E-state index contributed by atoms with van der Waals surface area (Å²) in [6, 6.07) is 0. The molecular formula is C11H21NO. The Hall–Kier alpha value is -0.340. The molecule has 2 heteroatoms. The lowest BCUT2D eigenvalue weighted by Gasteiger charge is -2.16. The number of hydrogen-bond acceptors (Lipinski definition) is 2. The Morgan fingerprint density at radius 1 is 1.31 bits per heavy atom. The van der Waals surface area contributed by atoms with Gasteiger partial charge in [0.15, 0.2) is 0 Å². The van der Waals surface area contributed by atoms with E-state index in [1.807, 2.05) is 0 Å². The van der Waals surface area contributed by atoms with Gasteiger partial charge < -0.3 is 10.8 Å². The summed E-state index contributed by atoms with van der Waals surface area (Å²) in [7, 11) is 0. The van der Waals surface area contributed by atoms with E-state index in [2.05, 4.69) is 6.08 Å². The standard InChI is InChI=1S/C11H21NO/c12-9-8-11(13)10-6-4-2-1-3-5-7-10/h6,11,13H,1-5,7-9,12H2. The fraction of sp³-hybridized carbons (Fsp3) is 0.818. The Bertz CT molecular complexity index is 165. The molecular weight excluding hydrogens is 162 g/mol. The number of aliphatic hydroxyl groups excluding tert-OH is 1. The van der Waals surface area contributed by atoms with Crippen molar-refractivity contribution in [2.45, 2.75) is 51.0 Å². The third kappa shape index (κ3) is 3.92. The molecule has 2 nitrogen and oxygen atoms in total. The summed E-state index contributed by atoms with van der Waals surface area (Å²) < 4.78 is 0.